The molecule has 2 aromatic carbocycles. The number of rotatable bonds is 7. The summed E-state index contributed by atoms with van der Waals surface area (Å²) in [5, 5.41) is 8.56. The van der Waals surface area contributed by atoms with Gasteiger partial charge in [0, 0.05) is 11.3 Å². The molecule has 0 aliphatic heterocycles. The first-order valence-electron chi connectivity index (χ1n) is 8.35. The Morgan fingerprint density at radius 2 is 1.52 bits per heavy atom. The Morgan fingerprint density at radius 3 is 2.00 bits per heavy atom. The molecule has 0 fully saturated rings. The SMILES string of the molecule is C[C@H](CSC(=O)c1ccccc1)C(=O)O.NC(=O)[C@@H](N)Cc1ccccc1. The van der Waals surface area contributed by atoms with E-state index in [1.54, 1.807) is 31.2 Å². The van der Waals surface area contributed by atoms with E-state index >= 15 is 0 Å². The number of hydrogen-bond acceptors (Lipinski definition) is 5. The van der Waals surface area contributed by atoms with E-state index in [1.165, 1.54) is 0 Å². The van der Waals surface area contributed by atoms with E-state index in [-0.39, 0.29) is 5.12 Å². The van der Waals surface area contributed by atoms with Gasteiger partial charge in [-0.3, -0.25) is 14.4 Å². The molecule has 1 amide bonds. The second-order valence-electron chi connectivity index (χ2n) is 5.90. The van der Waals surface area contributed by atoms with Crippen molar-refractivity contribution in [2.45, 2.75) is 19.4 Å². The lowest BCUT2D eigenvalue weighted by Crippen LogP contribution is -2.38. The van der Waals surface area contributed by atoms with Crippen molar-refractivity contribution in [3.8, 4) is 0 Å². The molecular weight excluding hydrogens is 364 g/mol. The first-order chi connectivity index (χ1) is 12.8. The summed E-state index contributed by atoms with van der Waals surface area (Å²) < 4.78 is 0. The summed E-state index contributed by atoms with van der Waals surface area (Å²) in [6.07, 6.45) is 0.510. The maximum Gasteiger partial charge on any atom is 0.307 e. The molecule has 2 rings (SSSR count). The zero-order valence-electron chi connectivity index (χ0n) is 15.1. The van der Waals surface area contributed by atoms with Crippen LogP contribution in [-0.2, 0) is 16.0 Å². The summed E-state index contributed by atoms with van der Waals surface area (Å²) in [7, 11) is 0. The number of amides is 1. The van der Waals surface area contributed by atoms with E-state index < -0.39 is 23.8 Å². The van der Waals surface area contributed by atoms with Crippen LogP contribution < -0.4 is 11.5 Å². The van der Waals surface area contributed by atoms with Gasteiger partial charge in [0.25, 0.3) is 0 Å². The number of carboxylic acids is 1. The molecule has 0 bridgehead atoms. The number of benzene rings is 2. The van der Waals surface area contributed by atoms with Crippen molar-refractivity contribution in [2.24, 2.45) is 17.4 Å². The lowest BCUT2D eigenvalue weighted by molar-refractivity contribution is -0.140. The minimum absolute atomic E-state index is 0.0799. The highest BCUT2D eigenvalue weighted by molar-refractivity contribution is 8.14. The van der Waals surface area contributed by atoms with Gasteiger partial charge in [0.05, 0.1) is 12.0 Å². The van der Waals surface area contributed by atoms with Crippen LogP contribution in [0.25, 0.3) is 0 Å². The number of carbonyl (C=O) groups excluding carboxylic acids is 2. The molecule has 0 spiro atoms. The summed E-state index contributed by atoms with van der Waals surface area (Å²) in [4.78, 5) is 32.7. The zero-order chi connectivity index (χ0) is 20.2. The van der Waals surface area contributed by atoms with Gasteiger partial charge in [0.1, 0.15) is 0 Å². The Balaban J connectivity index is 0.000000277. The molecule has 0 saturated heterocycles. The summed E-state index contributed by atoms with van der Waals surface area (Å²) in [5.41, 5.74) is 12.1. The normalized spacial score (nSPS) is 12.2. The molecule has 0 radical (unpaired) electrons. The van der Waals surface area contributed by atoms with Crippen molar-refractivity contribution in [1.29, 1.82) is 0 Å². The van der Waals surface area contributed by atoms with Gasteiger partial charge >= 0.3 is 5.97 Å². The molecule has 144 valence electrons. The second-order valence-corrected chi connectivity index (χ2v) is 6.90. The minimum Gasteiger partial charge on any atom is -0.481 e. The van der Waals surface area contributed by atoms with Crippen molar-refractivity contribution < 1.29 is 19.5 Å². The molecule has 0 unspecified atom stereocenters. The Kier molecular flexibility index (Phi) is 9.85. The van der Waals surface area contributed by atoms with Crippen molar-refractivity contribution in [1.82, 2.24) is 0 Å². The van der Waals surface area contributed by atoms with Crippen molar-refractivity contribution >= 4 is 28.8 Å². The number of hydrogen-bond donors (Lipinski definition) is 3. The smallest absolute Gasteiger partial charge is 0.307 e. The fourth-order valence-electron chi connectivity index (χ4n) is 1.90. The van der Waals surface area contributed by atoms with Crippen LogP contribution in [0.1, 0.15) is 22.8 Å². The van der Waals surface area contributed by atoms with Crippen LogP contribution in [0.4, 0.5) is 0 Å². The molecular formula is C20H24N2O4S. The lowest BCUT2D eigenvalue weighted by atomic mass is 10.1. The summed E-state index contributed by atoms with van der Waals surface area (Å²) in [6.45, 7) is 1.59. The number of primary amides is 1. The predicted octanol–water partition coefficient (Wildman–Crippen LogP) is 2.32. The van der Waals surface area contributed by atoms with Crippen molar-refractivity contribution in [2.75, 3.05) is 5.75 Å². The molecule has 2 atom stereocenters. The van der Waals surface area contributed by atoms with E-state index in [0.29, 0.717) is 17.7 Å². The van der Waals surface area contributed by atoms with Gasteiger partial charge in [0.2, 0.25) is 11.0 Å². The fourth-order valence-corrected chi connectivity index (χ4v) is 2.74. The van der Waals surface area contributed by atoms with Crippen LogP contribution in [0, 0.1) is 5.92 Å². The molecule has 7 heteroatoms. The van der Waals surface area contributed by atoms with Gasteiger partial charge in [-0.1, -0.05) is 79.3 Å². The minimum atomic E-state index is -0.872. The van der Waals surface area contributed by atoms with E-state index in [1.807, 2.05) is 36.4 Å². The van der Waals surface area contributed by atoms with E-state index in [4.69, 9.17) is 16.6 Å². The lowest BCUT2D eigenvalue weighted by Gasteiger charge is -2.06. The first-order valence-corrected chi connectivity index (χ1v) is 9.33. The molecule has 0 aliphatic carbocycles. The predicted molar refractivity (Wildman–Crippen MR) is 107 cm³/mol. The van der Waals surface area contributed by atoms with Gasteiger partial charge in [-0.15, -0.1) is 0 Å². The van der Waals surface area contributed by atoms with E-state index in [9.17, 15) is 14.4 Å². The van der Waals surface area contributed by atoms with Gasteiger partial charge in [-0.05, 0) is 12.0 Å². The Hall–Kier alpha value is -2.64. The molecule has 6 nitrogen and oxygen atoms in total. The topological polar surface area (TPSA) is 123 Å². The second kappa shape index (κ2) is 11.9. The summed E-state index contributed by atoms with van der Waals surface area (Å²) >= 11 is 1.05. The fraction of sp³-hybridized carbons (Fsp3) is 0.250. The molecule has 0 saturated carbocycles. The number of carboxylic acid groups (broad SMARTS) is 1. The maximum absolute atomic E-state index is 11.5. The number of thioether (sulfide) groups is 1. The van der Waals surface area contributed by atoms with E-state index in [2.05, 4.69) is 0 Å². The average molecular weight is 388 g/mol. The Labute approximate surface area is 162 Å². The van der Waals surface area contributed by atoms with Crippen LogP contribution in [0.5, 0.6) is 0 Å². The van der Waals surface area contributed by atoms with Crippen LogP contribution in [0.3, 0.4) is 0 Å². The van der Waals surface area contributed by atoms with Crippen LogP contribution in [-0.4, -0.2) is 33.9 Å². The van der Waals surface area contributed by atoms with Gasteiger partial charge in [0.15, 0.2) is 0 Å². The molecule has 0 aromatic heterocycles. The van der Waals surface area contributed by atoms with Gasteiger partial charge < -0.3 is 16.6 Å². The standard InChI is InChI=1S/C11H12O3S.C9H12N2O/c1-8(10(12)13)7-15-11(14)9-5-3-2-4-6-9;10-8(9(11)12)6-7-4-2-1-3-5-7/h2-6,8H,7H2,1H3,(H,12,13);1-5,8H,6,10H2,(H2,11,12)/t2*8-/m10/s1. The molecule has 27 heavy (non-hydrogen) atoms. The highest BCUT2D eigenvalue weighted by Crippen LogP contribution is 2.15. The van der Waals surface area contributed by atoms with Gasteiger partial charge in [-0.2, -0.15) is 0 Å². The van der Waals surface area contributed by atoms with Crippen molar-refractivity contribution in [3.05, 3.63) is 71.8 Å². The van der Waals surface area contributed by atoms with E-state index in [0.717, 1.165) is 17.3 Å². The monoisotopic (exact) mass is 388 g/mol. The zero-order valence-corrected chi connectivity index (χ0v) is 15.9. The van der Waals surface area contributed by atoms with Crippen molar-refractivity contribution in [3.63, 3.8) is 0 Å². The maximum atomic E-state index is 11.5. The number of carbonyl (C=O) groups is 3. The highest BCUT2D eigenvalue weighted by Gasteiger charge is 2.14. The molecule has 2 aromatic rings. The van der Waals surface area contributed by atoms with Crippen LogP contribution >= 0.6 is 11.8 Å². The quantitative estimate of drug-likeness (QED) is 0.669. The number of aliphatic carboxylic acids is 1. The Bertz CT molecular complexity index is 738. The molecule has 0 aliphatic rings. The third kappa shape index (κ3) is 9.03. The highest BCUT2D eigenvalue weighted by atomic mass is 32.2. The first kappa shape index (κ1) is 22.4. The average Bonchev–Trinajstić information content (AvgIpc) is 2.67. The molecule has 5 N–H and O–H groups in total. The third-order valence-corrected chi connectivity index (χ3v) is 4.72. The largest absolute Gasteiger partial charge is 0.481 e. The van der Waals surface area contributed by atoms with Gasteiger partial charge in [-0.25, -0.2) is 0 Å². The molecule has 0 heterocycles. The third-order valence-electron chi connectivity index (χ3n) is 3.56. The summed E-state index contributed by atoms with van der Waals surface area (Å²) in [5.74, 6) is -1.52. The Morgan fingerprint density at radius 1 is 1.00 bits per heavy atom. The summed E-state index contributed by atoms with van der Waals surface area (Å²) in [6, 6.07) is 17.8. The number of nitrogens with two attached hydrogens (primary N) is 2. The van der Waals surface area contributed by atoms with Crippen LogP contribution in [0.15, 0.2) is 60.7 Å². The van der Waals surface area contributed by atoms with Crippen LogP contribution in [0.2, 0.25) is 0 Å².